The highest BCUT2D eigenvalue weighted by atomic mass is 16.5. The zero-order valence-corrected chi connectivity index (χ0v) is 10.2. The lowest BCUT2D eigenvalue weighted by Gasteiger charge is -2.03. The Morgan fingerprint density at radius 3 is 1.47 bits per heavy atom. The van der Waals surface area contributed by atoms with Gasteiger partial charge in [0.1, 0.15) is 0 Å². The highest BCUT2D eigenvalue weighted by Gasteiger charge is 1.97. The first-order chi connectivity index (χ1) is 8.20. The van der Waals surface area contributed by atoms with Gasteiger partial charge in [0, 0.05) is 12.2 Å². The summed E-state index contributed by atoms with van der Waals surface area (Å²) in [6, 6.07) is 0. The normalized spacial score (nSPS) is 9.41. The molecule has 0 radical (unpaired) electrons. The first-order valence-electron chi connectivity index (χ1n) is 5.79. The van der Waals surface area contributed by atoms with E-state index in [2.05, 4.69) is 13.2 Å². The average Bonchev–Trinajstić information content (AvgIpc) is 2.35. The molecule has 0 saturated carbocycles. The van der Waals surface area contributed by atoms with Gasteiger partial charge >= 0.3 is 11.9 Å². The van der Waals surface area contributed by atoms with Crippen molar-refractivity contribution in [3.8, 4) is 0 Å². The average molecular weight is 240 g/mol. The summed E-state index contributed by atoms with van der Waals surface area (Å²) in [5, 5.41) is 0. The molecule has 17 heavy (non-hydrogen) atoms. The summed E-state index contributed by atoms with van der Waals surface area (Å²) in [5.41, 5.74) is 0. The molecule has 0 spiro atoms. The van der Waals surface area contributed by atoms with Crippen LogP contribution in [0.4, 0.5) is 0 Å². The Bertz CT molecular complexity index is 232. The second-order valence-electron chi connectivity index (χ2n) is 3.51. The minimum absolute atomic E-state index is 0.374. The number of hydrogen-bond donors (Lipinski definition) is 0. The molecule has 4 heteroatoms. The molecule has 0 N–H and O–H groups in total. The fraction of sp³-hybridized carbons (Fsp3) is 0.538. The van der Waals surface area contributed by atoms with Gasteiger partial charge in [-0.2, -0.15) is 0 Å². The molecule has 0 fully saturated rings. The molecule has 0 bridgehead atoms. The van der Waals surface area contributed by atoms with Crippen LogP contribution in [0.2, 0.25) is 0 Å². The van der Waals surface area contributed by atoms with E-state index in [4.69, 9.17) is 9.47 Å². The van der Waals surface area contributed by atoms with E-state index in [9.17, 15) is 9.59 Å². The van der Waals surface area contributed by atoms with Crippen LogP contribution in [0.1, 0.15) is 32.1 Å². The molecule has 0 saturated heterocycles. The maximum Gasteiger partial charge on any atom is 0.330 e. The summed E-state index contributed by atoms with van der Waals surface area (Å²) in [6.07, 6.45) is 7.07. The third-order valence-electron chi connectivity index (χ3n) is 2.11. The quantitative estimate of drug-likeness (QED) is 0.334. The Labute approximate surface area is 102 Å². The molecule has 96 valence electrons. The number of carbonyl (C=O) groups is 2. The van der Waals surface area contributed by atoms with Gasteiger partial charge in [-0.25, -0.2) is 9.59 Å². The number of unbranched alkanes of at least 4 members (excludes halogenated alkanes) is 4. The number of rotatable bonds is 10. The number of esters is 2. The van der Waals surface area contributed by atoms with E-state index < -0.39 is 0 Å². The van der Waals surface area contributed by atoms with Crippen LogP contribution in [-0.2, 0) is 19.1 Å². The maximum atomic E-state index is 10.7. The van der Waals surface area contributed by atoms with Gasteiger partial charge in [-0.3, -0.25) is 0 Å². The van der Waals surface area contributed by atoms with Crippen LogP contribution in [0.25, 0.3) is 0 Å². The van der Waals surface area contributed by atoms with Gasteiger partial charge < -0.3 is 9.47 Å². The monoisotopic (exact) mass is 240 g/mol. The van der Waals surface area contributed by atoms with Crippen LogP contribution in [0, 0.1) is 0 Å². The molecule has 4 nitrogen and oxygen atoms in total. The molecule has 0 rings (SSSR count). The molecule has 0 amide bonds. The van der Waals surface area contributed by atoms with E-state index in [-0.39, 0.29) is 11.9 Å². The van der Waals surface area contributed by atoms with Crippen molar-refractivity contribution in [1.82, 2.24) is 0 Å². The summed E-state index contributed by atoms with van der Waals surface area (Å²) in [7, 11) is 0. The van der Waals surface area contributed by atoms with Gasteiger partial charge in [-0.05, 0) is 12.8 Å². The zero-order chi connectivity index (χ0) is 12.9. The fourth-order valence-electron chi connectivity index (χ4n) is 1.20. The molecular weight excluding hydrogens is 220 g/mol. The third-order valence-corrected chi connectivity index (χ3v) is 2.11. The van der Waals surface area contributed by atoms with Gasteiger partial charge in [0.25, 0.3) is 0 Å². The highest BCUT2D eigenvalue weighted by molar-refractivity contribution is 5.81. The second kappa shape index (κ2) is 10.9. The predicted molar refractivity (Wildman–Crippen MR) is 65.4 cm³/mol. The van der Waals surface area contributed by atoms with Gasteiger partial charge in [-0.1, -0.05) is 32.4 Å². The van der Waals surface area contributed by atoms with Gasteiger partial charge in [-0.15, -0.1) is 0 Å². The number of ether oxygens (including phenoxy) is 2. The van der Waals surface area contributed by atoms with E-state index in [0.29, 0.717) is 13.2 Å². The van der Waals surface area contributed by atoms with Crippen LogP contribution in [0.15, 0.2) is 25.3 Å². The standard InChI is InChI=1S/C13H20O4/c1-3-12(14)16-10-8-6-5-7-9-11-17-13(15)4-2/h3-4H,1-2,5-11H2. The van der Waals surface area contributed by atoms with Crippen molar-refractivity contribution >= 4 is 11.9 Å². The van der Waals surface area contributed by atoms with Crippen LogP contribution in [0.5, 0.6) is 0 Å². The van der Waals surface area contributed by atoms with Crippen molar-refractivity contribution in [2.45, 2.75) is 32.1 Å². The molecule has 0 heterocycles. The lowest BCUT2D eigenvalue weighted by molar-refractivity contribution is -0.138. The summed E-state index contributed by atoms with van der Waals surface area (Å²) in [5.74, 6) is -0.748. The van der Waals surface area contributed by atoms with Crippen molar-refractivity contribution in [3.05, 3.63) is 25.3 Å². The van der Waals surface area contributed by atoms with Gasteiger partial charge in [0.2, 0.25) is 0 Å². The first-order valence-corrected chi connectivity index (χ1v) is 5.79. The van der Waals surface area contributed by atoms with E-state index in [1.165, 1.54) is 0 Å². The van der Waals surface area contributed by atoms with Crippen molar-refractivity contribution < 1.29 is 19.1 Å². The van der Waals surface area contributed by atoms with E-state index in [0.717, 1.165) is 44.3 Å². The van der Waals surface area contributed by atoms with Crippen molar-refractivity contribution in [2.75, 3.05) is 13.2 Å². The van der Waals surface area contributed by atoms with Crippen LogP contribution < -0.4 is 0 Å². The minimum atomic E-state index is -0.374. The predicted octanol–water partition coefficient (Wildman–Crippen LogP) is 2.40. The Morgan fingerprint density at radius 1 is 0.765 bits per heavy atom. The SMILES string of the molecule is C=CC(=O)OCCCCCCCOC(=O)C=C. The highest BCUT2D eigenvalue weighted by Crippen LogP contribution is 2.03. The fourth-order valence-corrected chi connectivity index (χ4v) is 1.20. The minimum Gasteiger partial charge on any atom is -0.463 e. The smallest absolute Gasteiger partial charge is 0.330 e. The number of hydrogen-bond acceptors (Lipinski definition) is 4. The summed E-state index contributed by atoms with van der Waals surface area (Å²) in [6.45, 7) is 7.50. The van der Waals surface area contributed by atoms with Gasteiger partial charge in [0.15, 0.2) is 0 Å². The molecule has 0 aliphatic heterocycles. The maximum absolute atomic E-state index is 10.7. The van der Waals surface area contributed by atoms with Crippen molar-refractivity contribution in [2.24, 2.45) is 0 Å². The molecular formula is C13H20O4. The van der Waals surface area contributed by atoms with E-state index in [1.807, 2.05) is 0 Å². The Hall–Kier alpha value is -1.58. The molecule has 0 aromatic heterocycles. The van der Waals surface area contributed by atoms with E-state index in [1.54, 1.807) is 0 Å². The molecule has 0 aliphatic carbocycles. The molecule has 0 aromatic carbocycles. The summed E-state index contributed by atoms with van der Waals surface area (Å²) >= 11 is 0. The van der Waals surface area contributed by atoms with Crippen LogP contribution in [-0.4, -0.2) is 25.2 Å². The van der Waals surface area contributed by atoms with Crippen molar-refractivity contribution in [1.29, 1.82) is 0 Å². The zero-order valence-electron chi connectivity index (χ0n) is 10.2. The molecule has 0 unspecified atom stereocenters. The third kappa shape index (κ3) is 10.7. The van der Waals surface area contributed by atoms with Crippen LogP contribution in [0.3, 0.4) is 0 Å². The first kappa shape index (κ1) is 15.4. The second-order valence-corrected chi connectivity index (χ2v) is 3.51. The number of carbonyl (C=O) groups excluding carboxylic acids is 2. The van der Waals surface area contributed by atoms with E-state index >= 15 is 0 Å². The largest absolute Gasteiger partial charge is 0.463 e. The summed E-state index contributed by atoms with van der Waals surface area (Å²) < 4.78 is 9.65. The summed E-state index contributed by atoms with van der Waals surface area (Å²) in [4.78, 5) is 21.4. The molecule has 0 atom stereocenters. The van der Waals surface area contributed by atoms with Gasteiger partial charge in [0.05, 0.1) is 13.2 Å². The van der Waals surface area contributed by atoms with Crippen molar-refractivity contribution in [3.63, 3.8) is 0 Å². The Balaban J connectivity index is 3.13. The van der Waals surface area contributed by atoms with Crippen LogP contribution >= 0.6 is 0 Å². The Morgan fingerprint density at radius 2 is 1.12 bits per heavy atom. The molecule has 0 aliphatic rings. The lowest BCUT2D eigenvalue weighted by Crippen LogP contribution is -2.02. The topological polar surface area (TPSA) is 52.6 Å². The molecule has 0 aromatic rings. The Kier molecular flexibility index (Phi) is 9.91. The lowest BCUT2D eigenvalue weighted by atomic mass is 10.1.